The van der Waals surface area contributed by atoms with Crippen LogP contribution in [0.3, 0.4) is 0 Å². The Hall–Kier alpha value is -3.77. The lowest BCUT2D eigenvalue weighted by atomic mass is 9.91. The van der Waals surface area contributed by atoms with Gasteiger partial charge in [-0.15, -0.1) is 0 Å². The summed E-state index contributed by atoms with van der Waals surface area (Å²) in [6.07, 6.45) is 1.59. The summed E-state index contributed by atoms with van der Waals surface area (Å²) in [7, 11) is 1.94. The summed E-state index contributed by atoms with van der Waals surface area (Å²) >= 11 is 0. The maximum atomic E-state index is 13.0. The van der Waals surface area contributed by atoms with Gasteiger partial charge >= 0.3 is 5.97 Å². The van der Waals surface area contributed by atoms with E-state index in [2.05, 4.69) is 4.98 Å². The molecule has 0 bridgehead atoms. The van der Waals surface area contributed by atoms with Crippen LogP contribution in [0.2, 0.25) is 0 Å². The quantitative estimate of drug-likeness (QED) is 0.371. The number of nitrogens with zero attached hydrogens (tertiary/aromatic N) is 3. The van der Waals surface area contributed by atoms with Gasteiger partial charge in [-0.05, 0) is 30.3 Å². The van der Waals surface area contributed by atoms with Gasteiger partial charge in [-0.25, -0.2) is 4.98 Å². The molecule has 0 saturated carbocycles. The van der Waals surface area contributed by atoms with Gasteiger partial charge in [0.2, 0.25) is 0 Å². The molecule has 0 radical (unpaired) electrons. The third-order valence-corrected chi connectivity index (χ3v) is 5.67. The van der Waals surface area contributed by atoms with Gasteiger partial charge in [0, 0.05) is 19.6 Å². The first-order valence-corrected chi connectivity index (χ1v) is 11.0. The summed E-state index contributed by atoms with van der Waals surface area (Å²) in [6, 6.07) is 26.7. The first kappa shape index (κ1) is 22.4. The highest BCUT2D eigenvalue weighted by Crippen LogP contribution is 2.25. The van der Waals surface area contributed by atoms with Crippen molar-refractivity contribution in [1.29, 1.82) is 0 Å². The zero-order valence-electron chi connectivity index (χ0n) is 18.6. The molecule has 3 aromatic carbocycles. The Morgan fingerprint density at radius 2 is 1.52 bits per heavy atom. The zero-order valence-corrected chi connectivity index (χ0v) is 18.6. The molecule has 4 aromatic rings. The Kier molecular flexibility index (Phi) is 7.27. The molecule has 6 heteroatoms. The summed E-state index contributed by atoms with van der Waals surface area (Å²) in [5, 5.41) is 0.615. The molecule has 0 atom stereocenters. The van der Waals surface area contributed by atoms with Crippen molar-refractivity contribution in [2.45, 2.75) is 12.5 Å². The van der Waals surface area contributed by atoms with Gasteiger partial charge < -0.3 is 9.64 Å². The molecule has 0 aliphatic carbocycles. The number of carbonyl (C=O) groups is 1. The van der Waals surface area contributed by atoms with Crippen molar-refractivity contribution < 1.29 is 9.53 Å². The largest absolute Gasteiger partial charge is 0.464 e. The lowest BCUT2D eigenvalue weighted by Crippen LogP contribution is -2.31. The number of ether oxygens (including phenoxy) is 1. The number of esters is 1. The molecule has 0 N–H and O–H groups in total. The molecule has 0 aliphatic heterocycles. The number of aromatic nitrogens is 2. The van der Waals surface area contributed by atoms with Crippen molar-refractivity contribution in [2.24, 2.45) is 0 Å². The normalized spacial score (nSPS) is 11.2. The molecule has 0 amide bonds. The smallest absolute Gasteiger partial charge is 0.317 e. The molecule has 168 valence electrons. The van der Waals surface area contributed by atoms with Crippen LogP contribution in [0.5, 0.6) is 0 Å². The molecule has 1 heterocycles. The Labute approximate surface area is 193 Å². The Morgan fingerprint density at radius 1 is 0.909 bits per heavy atom. The lowest BCUT2D eigenvalue weighted by Gasteiger charge is -2.20. The molecule has 0 saturated heterocycles. The fourth-order valence-corrected chi connectivity index (χ4v) is 3.80. The Bertz CT molecular complexity index is 1220. The van der Waals surface area contributed by atoms with Crippen molar-refractivity contribution in [3.05, 3.63) is 113 Å². The van der Waals surface area contributed by atoms with Gasteiger partial charge in [0.05, 0.1) is 17.2 Å². The van der Waals surface area contributed by atoms with E-state index in [1.54, 1.807) is 17.0 Å². The molecule has 4 rings (SSSR count). The number of para-hydroxylation sites is 1. The van der Waals surface area contributed by atoms with Crippen molar-refractivity contribution in [2.75, 3.05) is 26.7 Å². The van der Waals surface area contributed by atoms with Crippen LogP contribution in [-0.4, -0.2) is 47.2 Å². The van der Waals surface area contributed by atoms with E-state index in [0.29, 0.717) is 30.5 Å². The van der Waals surface area contributed by atoms with Gasteiger partial charge in [0.15, 0.2) is 0 Å². The van der Waals surface area contributed by atoms with Crippen LogP contribution in [0.4, 0.5) is 0 Å². The predicted molar refractivity (Wildman–Crippen MR) is 129 cm³/mol. The predicted octanol–water partition coefficient (Wildman–Crippen LogP) is 3.70. The number of carbonyl (C=O) groups excluding carboxylic acids is 1. The van der Waals surface area contributed by atoms with E-state index >= 15 is 0 Å². The van der Waals surface area contributed by atoms with Crippen molar-refractivity contribution in [1.82, 2.24) is 14.5 Å². The van der Waals surface area contributed by atoms with Gasteiger partial charge in [-0.1, -0.05) is 72.8 Å². The van der Waals surface area contributed by atoms with E-state index in [-0.39, 0.29) is 18.1 Å². The van der Waals surface area contributed by atoms with E-state index in [9.17, 15) is 9.59 Å². The topological polar surface area (TPSA) is 64.4 Å². The average molecular weight is 442 g/mol. The second kappa shape index (κ2) is 10.7. The second-order valence-electron chi connectivity index (χ2n) is 7.99. The fourth-order valence-electron chi connectivity index (χ4n) is 3.80. The molecule has 33 heavy (non-hydrogen) atoms. The van der Waals surface area contributed by atoms with Gasteiger partial charge in [-0.3, -0.25) is 14.2 Å². The number of likely N-dealkylation sites (N-methyl/N-ethyl adjacent to an activating group) is 1. The van der Waals surface area contributed by atoms with E-state index < -0.39 is 5.92 Å². The van der Waals surface area contributed by atoms with Crippen molar-refractivity contribution in [3.63, 3.8) is 0 Å². The van der Waals surface area contributed by atoms with E-state index in [1.165, 1.54) is 0 Å². The van der Waals surface area contributed by atoms with Crippen LogP contribution < -0.4 is 5.56 Å². The average Bonchev–Trinajstić information content (AvgIpc) is 2.85. The molecule has 6 nitrogen and oxygen atoms in total. The molecular formula is C27H27N3O3. The molecular weight excluding hydrogens is 414 g/mol. The molecule has 0 spiro atoms. The number of benzene rings is 3. The first-order valence-electron chi connectivity index (χ1n) is 11.0. The SMILES string of the molecule is CN(CCOC(=O)C(c1ccccc1)c1ccccc1)CCn1cnc2ccccc2c1=O. The van der Waals surface area contributed by atoms with Gasteiger partial charge in [0.25, 0.3) is 5.56 Å². The number of rotatable bonds is 9. The minimum absolute atomic E-state index is 0.0472. The van der Waals surface area contributed by atoms with Crippen LogP contribution in [0.25, 0.3) is 10.9 Å². The zero-order chi connectivity index (χ0) is 23.0. The maximum absolute atomic E-state index is 13.0. The van der Waals surface area contributed by atoms with Crippen molar-refractivity contribution >= 4 is 16.9 Å². The third kappa shape index (κ3) is 5.54. The standard InChI is InChI=1S/C27H27N3O3/c1-29(16-17-30-20-28-24-15-9-8-14-23(24)26(30)31)18-19-33-27(32)25(21-10-4-2-5-11-21)22-12-6-3-7-13-22/h2-15,20,25H,16-19H2,1H3. The Balaban J connectivity index is 1.33. The van der Waals surface area contributed by atoms with Gasteiger partial charge in [-0.2, -0.15) is 0 Å². The molecule has 0 aliphatic rings. The van der Waals surface area contributed by atoms with E-state index in [0.717, 1.165) is 11.1 Å². The van der Waals surface area contributed by atoms with Crippen LogP contribution in [0, 0.1) is 0 Å². The summed E-state index contributed by atoms with van der Waals surface area (Å²) in [5.74, 6) is -0.726. The molecule has 0 fully saturated rings. The lowest BCUT2D eigenvalue weighted by molar-refractivity contribution is -0.144. The van der Waals surface area contributed by atoms with Crippen LogP contribution in [-0.2, 0) is 16.1 Å². The fraction of sp³-hybridized carbons (Fsp3) is 0.222. The molecule has 1 aromatic heterocycles. The van der Waals surface area contributed by atoms with E-state index in [1.807, 2.05) is 90.8 Å². The minimum Gasteiger partial charge on any atom is -0.464 e. The highest BCUT2D eigenvalue weighted by Gasteiger charge is 2.24. The van der Waals surface area contributed by atoms with Crippen LogP contribution >= 0.6 is 0 Å². The summed E-state index contributed by atoms with van der Waals surface area (Å²) in [5.41, 5.74) is 2.47. The maximum Gasteiger partial charge on any atom is 0.317 e. The van der Waals surface area contributed by atoms with Crippen LogP contribution in [0.15, 0.2) is 96.1 Å². The number of fused-ring (bicyclic) bond motifs is 1. The first-order chi connectivity index (χ1) is 16.1. The summed E-state index contributed by atoms with van der Waals surface area (Å²) < 4.78 is 7.27. The summed E-state index contributed by atoms with van der Waals surface area (Å²) in [4.78, 5) is 32.0. The van der Waals surface area contributed by atoms with Crippen molar-refractivity contribution in [3.8, 4) is 0 Å². The highest BCUT2D eigenvalue weighted by atomic mass is 16.5. The Morgan fingerprint density at radius 3 is 2.18 bits per heavy atom. The summed E-state index contributed by atoms with van der Waals surface area (Å²) in [6.45, 7) is 1.99. The van der Waals surface area contributed by atoms with Gasteiger partial charge in [0.1, 0.15) is 12.5 Å². The third-order valence-electron chi connectivity index (χ3n) is 5.67. The second-order valence-corrected chi connectivity index (χ2v) is 7.99. The highest BCUT2D eigenvalue weighted by molar-refractivity contribution is 5.82. The molecule has 0 unspecified atom stereocenters. The van der Waals surface area contributed by atoms with E-state index in [4.69, 9.17) is 4.74 Å². The van der Waals surface area contributed by atoms with Crippen LogP contribution in [0.1, 0.15) is 17.0 Å². The number of hydrogen-bond donors (Lipinski definition) is 0. The number of hydrogen-bond acceptors (Lipinski definition) is 5. The monoisotopic (exact) mass is 441 g/mol. The minimum atomic E-state index is -0.458.